The Bertz CT molecular complexity index is 1520. The fourth-order valence-corrected chi connectivity index (χ4v) is 5.96. The van der Waals surface area contributed by atoms with Crippen LogP contribution >= 0.6 is 0 Å². The van der Waals surface area contributed by atoms with Crippen molar-refractivity contribution in [2.75, 3.05) is 37.7 Å². The Labute approximate surface area is 256 Å². The fraction of sp³-hybridized carbons (Fsp3) is 0.433. The van der Waals surface area contributed by atoms with Crippen molar-refractivity contribution in [3.63, 3.8) is 0 Å². The van der Waals surface area contributed by atoms with Gasteiger partial charge in [-0.05, 0) is 63.1 Å². The number of pyridine rings is 3. The highest BCUT2D eigenvalue weighted by atomic mass is 19.4. The minimum Gasteiger partial charge on any atom is -0.488 e. The third kappa shape index (κ3) is 7.08. The number of anilines is 1. The first-order valence-corrected chi connectivity index (χ1v) is 14.4. The van der Waals surface area contributed by atoms with Crippen LogP contribution in [0.5, 0.6) is 11.6 Å². The molecular formula is C30H32F4N6O5. The van der Waals surface area contributed by atoms with E-state index in [0.29, 0.717) is 68.0 Å². The van der Waals surface area contributed by atoms with Crippen LogP contribution in [0, 0.1) is 11.2 Å². The van der Waals surface area contributed by atoms with Crippen molar-refractivity contribution in [1.29, 1.82) is 0 Å². The van der Waals surface area contributed by atoms with Crippen molar-refractivity contribution in [1.82, 2.24) is 25.6 Å². The number of carbonyl (C=O) groups is 2. The number of hydrogen-bond acceptors (Lipinski definition) is 9. The molecule has 0 unspecified atom stereocenters. The van der Waals surface area contributed by atoms with Crippen molar-refractivity contribution < 1.29 is 41.7 Å². The number of carbonyl (C=O) groups excluding carboxylic acids is 1. The molecule has 2 saturated heterocycles. The lowest BCUT2D eigenvalue weighted by Crippen LogP contribution is -2.65. The predicted molar refractivity (Wildman–Crippen MR) is 154 cm³/mol. The minimum atomic E-state index is -4.71. The second kappa shape index (κ2) is 13.2. The Kier molecular flexibility index (Phi) is 9.37. The molecule has 3 aliphatic rings. The minimum absolute atomic E-state index is 0.0252. The normalized spacial score (nSPS) is 18.7. The molecule has 45 heavy (non-hydrogen) atoms. The second-order valence-corrected chi connectivity index (χ2v) is 11.1. The van der Waals surface area contributed by atoms with Crippen LogP contribution in [0.3, 0.4) is 0 Å². The van der Waals surface area contributed by atoms with Crippen LogP contribution in [0.1, 0.15) is 42.2 Å². The molecule has 1 spiro atoms. The molecule has 1 atom stereocenters. The summed E-state index contributed by atoms with van der Waals surface area (Å²) in [6.07, 6.45) is -0.522. The Morgan fingerprint density at radius 2 is 2.00 bits per heavy atom. The molecule has 15 heteroatoms. The van der Waals surface area contributed by atoms with E-state index in [-0.39, 0.29) is 41.5 Å². The van der Waals surface area contributed by atoms with Crippen LogP contribution in [0.15, 0.2) is 42.7 Å². The molecule has 1 aliphatic carbocycles. The summed E-state index contributed by atoms with van der Waals surface area (Å²) in [5.74, 6) is -0.902. The van der Waals surface area contributed by atoms with E-state index in [1.165, 1.54) is 4.90 Å². The van der Waals surface area contributed by atoms with Gasteiger partial charge < -0.3 is 30.1 Å². The van der Waals surface area contributed by atoms with E-state index < -0.39 is 17.6 Å². The summed E-state index contributed by atoms with van der Waals surface area (Å²) in [7, 11) is 0. The molecule has 11 nitrogen and oxygen atoms in total. The Morgan fingerprint density at radius 3 is 2.67 bits per heavy atom. The number of nitrogens with one attached hydrogen (secondary N) is 2. The lowest BCUT2D eigenvalue weighted by atomic mass is 9.61. The second-order valence-electron chi connectivity index (χ2n) is 11.1. The first-order chi connectivity index (χ1) is 21.6. The molecule has 6 rings (SSSR count). The summed E-state index contributed by atoms with van der Waals surface area (Å²) in [5, 5.41) is 13.1. The zero-order valence-corrected chi connectivity index (χ0v) is 24.3. The van der Waals surface area contributed by atoms with E-state index >= 15 is 0 Å². The zero-order chi connectivity index (χ0) is 32.2. The number of ether oxygens (including phenoxy) is 2. The van der Waals surface area contributed by atoms with Gasteiger partial charge in [-0.3, -0.25) is 9.59 Å². The van der Waals surface area contributed by atoms with E-state index in [9.17, 15) is 22.4 Å². The van der Waals surface area contributed by atoms with Gasteiger partial charge in [0.2, 0.25) is 5.88 Å². The summed E-state index contributed by atoms with van der Waals surface area (Å²) in [6, 6.07) is 7.50. The molecule has 3 N–H and O–H groups in total. The quantitative estimate of drug-likeness (QED) is 0.247. The standard InChI is InChI=1S/C29H30F4N6O3.CH2O2/c1-2-41-27-20(4-3-8-35-27)22-5-6-23(24(38-22)26(40)37-18-7-9-34-14-18)42-19-11-28(12-19)15-39(16-28)25-21(29(31,32)33)10-17(30)13-36-25;2-1-3/h3-6,8,10,13,18-19,34H,2,7,9,11-12,14-16H2,1H3,(H,37,40);1H,(H,2,3)/t18-;/m1./s1. The van der Waals surface area contributed by atoms with Crippen LogP contribution in [-0.2, 0) is 11.0 Å². The predicted octanol–water partition coefficient (Wildman–Crippen LogP) is 3.94. The van der Waals surface area contributed by atoms with E-state index in [1.807, 2.05) is 13.0 Å². The third-order valence-corrected chi connectivity index (χ3v) is 7.90. The van der Waals surface area contributed by atoms with Crippen LogP contribution in [0.25, 0.3) is 11.3 Å². The van der Waals surface area contributed by atoms with Gasteiger partial charge in [0.15, 0.2) is 11.4 Å². The Hall–Kier alpha value is -4.53. The van der Waals surface area contributed by atoms with Crippen LogP contribution in [-0.4, -0.2) is 77.4 Å². The average Bonchev–Trinajstić information content (AvgIpc) is 3.47. The van der Waals surface area contributed by atoms with E-state index in [1.54, 1.807) is 24.4 Å². The molecule has 5 heterocycles. The summed E-state index contributed by atoms with van der Waals surface area (Å²) in [6.45, 7) is 4.22. The molecular weight excluding hydrogens is 600 g/mol. The van der Waals surface area contributed by atoms with Crippen LogP contribution < -0.4 is 25.0 Å². The number of nitrogens with zero attached hydrogens (tertiary/aromatic N) is 4. The van der Waals surface area contributed by atoms with Crippen LogP contribution in [0.4, 0.5) is 23.4 Å². The van der Waals surface area contributed by atoms with Gasteiger partial charge >= 0.3 is 6.18 Å². The maximum atomic E-state index is 13.5. The highest BCUT2D eigenvalue weighted by Gasteiger charge is 2.55. The van der Waals surface area contributed by atoms with Gasteiger partial charge in [-0.25, -0.2) is 19.3 Å². The zero-order valence-electron chi connectivity index (χ0n) is 24.3. The topological polar surface area (TPSA) is 139 Å². The number of aromatic nitrogens is 3. The number of carboxylic acid groups (broad SMARTS) is 1. The van der Waals surface area contributed by atoms with E-state index in [0.717, 1.165) is 19.2 Å². The molecule has 0 aromatic carbocycles. The molecule has 0 radical (unpaired) electrons. The van der Waals surface area contributed by atoms with Gasteiger partial charge in [-0.1, -0.05) is 0 Å². The van der Waals surface area contributed by atoms with Crippen molar-refractivity contribution in [3.8, 4) is 22.9 Å². The Balaban J connectivity index is 0.00000128. The molecule has 2 aliphatic heterocycles. The van der Waals surface area contributed by atoms with Crippen molar-refractivity contribution in [2.45, 2.75) is 44.5 Å². The fourth-order valence-electron chi connectivity index (χ4n) is 5.96. The molecule has 1 saturated carbocycles. The molecule has 3 aromatic rings. The highest BCUT2D eigenvalue weighted by molar-refractivity contribution is 5.96. The summed E-state index contributed by atoms with van der Waals surface area (Å²) >= 11 is 0. The van der Waals surface area contributed by atoms with Crippen molar-refractivity contribution in [3.05, 3.63) is 59.8 Å². The highest BCUT2D eigenvalue weighted by Crippen LogP contribution is 2.52. The molecule has 3 fully saturated rings. The molecule has 0 bridgehead atoms. The average molecular weight is 633 g/mol. The van der Waals surface area contributed by atoms with Gasteiger partial charge in [0.05, 0.1) is 24.1 Å². The molecule has 1 amide bonds. The summed E-state index contributed by atoms with van der Waals surface area (Å²) < 4.78 is 65.8. The maximum absolute atomic E-state index is 13.5. The van der Waals surface area contributed by atoms with Gasteiger partial charge in [-0.15, -0.1) is 0 Å². The third-order valence-electron chi connectivity index (χ3n) is 7.90. The van der Waals surface area contributed by atoms with Crippen LogP contribution in [0.2, 0.25) is 0 Å². The van der Waals surface area contributed by atoms with Crippen molar-refractivity contribution >= 4 is 18.2 Å². The smallest absolute Gasteiger partial charge is 0.420 e. The van der Waals surface area contributed by atoms with Gasteiger partial charge in [0.25, 0.3) is 12.4 Å². The molecule has 240 valence electrons. The van der Waals surface area contributed by atoms with Gasteiger partial charge in [0, 0.05) is 37.3 Å². The maximum Gasteiger partial charge on any atom is 0.420 e. The molecule has 3 aromatic heterocycles. The number of hydrogen-bond donors (Lipinski definition) is 3. The first kappa shape index (κ1) is 31.9. The van der Waals surface area contributed by atoms with Gasteiger partial charge in [0.1, 0.15) is 23.3 Å². The number of amides is 1. The number of rotatable bonds is 8. The summed E-state index contributed by atoms with van der Waals surface area (Å²) in [4.78, 5) is 35.9. The van der Waals surface area contributed by atoms with E-state index in [2.05, 4.69) is 25.6 Å². The largest absolute Gasteiger partial charge is 0.488 e. The SMILES string of the molecule is CCOc1ncccc1-c1ccc(OC2CC3(C2)CN(c2ncc(F)cc2C(F)(F)F)C3)c(C(=O)N[C@@H]2CCNC2)n1.O=CO. The first-order valence-electron chi connectivity index (χ1n) is 14.4. The summed E-state index contributed by atoms with van der Waals surface area (Å²) in [5.41, 5.74) is 0.00160. The number of alkyl halides is 3. The number of halogens is 4. The lowest BCUT2D eigenvalue weighted by molar-refractivity contribution is -0.138. The van der Waals surface area contributed by atoms with E-state index in [4.69, 9.17) is 19.4 Å². The lowest BCUT2D eigenvalue weighted by Gasteiger charge is -2.59. The Morgan fingerprint density at radius 1 is 1.24 bits per heavy atom. The monoisotopic (exact) mass is 632 g/mol. The van der Waals surface area contributed by atoms with Crippen molar-refractivity contribution in [2.24, 2.45) is 5.41 Å². The van der Waals surface area contributed by atoms with Gasteiger partial charge in [-0.2, -0.15) is 13.2 Å².